The summed E-state index contributed by atoms with van der Waals surface area (Å²) in [6, 6.07) is 9.95. The van der Waals surface area contributed by atoms with Crippen molar-refractivity contribution in [3.05, 3.63) is 47.4 Å². The molecule has 0 aliphatic heterocycles. The van der Waals surface area contributed by atoms with Crippen molar-refractivity contribution >= 4 is 33.3 Å². The van der Waals surface area contributed by atoms with Crippen LogP contribution >= 0.6 is 23.1 Å². The van der Waals surface area contributed by atoms with Gasteiger partial charge in [0.2, 0.25) is 5.16 Å². The molecular weight excluding hydrogens is 330 g/mol. The summed E-state index contributed by atoms with van der Waals surface area (Å²) in [6.07, 6.45) is 1.62. The van der Waals surface area contributed by atoms with Gasteiger partial charge in [-0.2, -0.15) is 0 Å². The van der Waals surface area contributed by atoms with E-state index in [1.165, 1.54) is 21.1 Å². The fraction of sp³-hybridized carbons (Fsp3) is 0.133. The number of aryl methyl sites for hydroxylation is 1. The standard InChI is InChI=1S/C15H13N5OS2/c1-9-10(6-7-21-9)14-18-19-15(20(14)16)22-8-13-17-11-4-2-3-5-12(11)23-13/h2-7H,8,16H2,1H3. The summed E-state index contributed by atoms with van der Waals surface area (Å²) < 4.78 is 7.98. The van der Waals surface area contributed by atoms with Crippen molar-refractivity contribution < 1.29 is 4.42 Å². The topological polar surface area (TPSA) is 82.8 Å². The van der Waals surface area contributed by atoms with E-state index in [1.807, 2.05) is 31.2 Å². The molecule has 0 bridgehead atoms. The van der Waals surface area contributed by atoms with E-state index < -0.39 is 0 Å². The van der Waals surface area contributed by atoms with Crippen LogP contribution in [0.3, 0.4) is 0 Å². The zero-order chi connectivity index (χ0) is 15.8. The van der Waals surface area contributed by atoms with Gasteiger partial charge in [-0.05, 0) is 25.1 Å². The molecule has 4 rings (SSSR count). The van der Waals surface area contributed by atoms with Crippen LogP contribution in [0.4, 0.5) is 0 Å². The summed E-state index contributed by atoms with van der Waals surface area (Å²) in [7, 11) is 0. The highest BCUT2D eigenvalue weighted by Crippen LogP contribution is 2.29. The number of thioether (sulfide) groups is 1. The number of benzene rings is 1. The second-order valence-corrected chi connectivity index (χ2v) is 6.99. The van der Waals surface area contributed by atoms with E-state index in [1.54, 1.807) is 17.6 Å². The van der Waals surface area contributed by atoms with Crippen LogP contribution in [0, 0.1) is 6.92 Å². The Labute approximate surface area is 140 Å². The summed E-state index contributed by atoms with van der Waals surface area (Å²) >= 11 is 3.21. The van der Waals surface area contributed by atoms with Crippen LogP contribution in [0.1, 0.15) is 10.8 Å². The van der Waals surface area contributed by atoms with E-state index in [0.717, 1.165) is 21.8 Å². The third-order valence-electron chi connectivity index (χ3n) is 3.43. The molecule has 0 radical (unpaired) electrons. The van der Waals surface area contributed by atoms with Crippen molar-refractivity contribution in [2.75, 3.05) is 5.84 Å². The van der Waals surface area contributed by atoms with Crippen LogP contribution in [0.2, 0.25) is 0 Å². The Morgan fingerprint density at radius 3 is 2.91 bits per heavy atom. The van der Waals surface area contributed by atoms with E-state index >= 15 is 0 Å². The van der Waals surface area contributed by atoms with Gasteiger partial charge >= 0.3 is 0 Å². The minimum atomic E-state index is 0.600. The Kier molecular flexibility index (Phi) is 3.55. The third-order valence-corrected chi connectivity index (χ3v) is 5.60. The molecular formula is C15H13N5OS2. The van der Waals surface area contributed by atoms with Crippen molar-refractivity contribution in [3.63, 3.8) is 0 Å². The van der Waals surface area contributed by atoms with Gasteiger partial charge in [0.05, 0.1) is 27.8 Å². The molecule has 6 nitrogen and oxygen atoms in total. The first-order chi connectivity index (χ1) is 11.2. The maximum Gasteiger partial charge on any atom is 0.210 e. The number of furan rings is 1. The van der Waals surface area contributed by atoms with Crippen LogP contribution in [0.25, 0.3) is 21.6 Å². The number of aromatic nitrogens is 4. The largest absolute Gasteiger partial charge is 0.469 e. The molecule has 0 amide bonds. The molecule has 8 heteroatoms. The van der Waals surface area contributed by atoms with Crippen molar-refractivity contribution in [2.24, 2.45) is 0 Å². The number of para-hydroxylation sites is 1. The number of nitrogens with two attached hydrogens (primary N) is 1. The average Bonchev–Trinajstić information content (AvgIpc) is 3.23. The van der Waals surface area contributed by atoms with Crippen LogP contribution in [0.15, 0.2) is 46.2 Å². The van der Waals surface area contributed by atoms with Crippen LogP contribution in [-0.2, 0) is 5.75 Å². The highest BCUT2D eigenvalue weighted by atomic mass is 32.2. The molecule has 23 heavy (non-hydrogen) atoms. The molecule has 1 aromatic carbocycles. The van der Waals surface area contributed by atoms with Crippen LogP contribution in [0.5, 0.6) is 0 Å². The highest BCUT2D eigenvalue weighted by molar-refractivity contribution is 7.98. The first-order valence-corrected chi connectivity index (χ1v) is 8.75. The summed E-state index contributed by atoms with van der Waals surface area (Å²) in [5, 5.41) is 10.0. The fourth-order valence-corrected chi connectivity index (χ4v) is 4.10. The second kappa shape index (κ2) is 5.71. The van der Waals surface area contributed by atoms with Crippen LogP contribution < -0.4 is 5.84 Å². The number of fused-ring (bicyclic) bond motifs is 1. The molecule has 0 aliphatic carbocycles. The zero-order valence-electron chi connectivity index (χ0n) is 12.3. The molecule has 0 unspecified atom stereocenters. The zero-order valence-corrected chi connectivity index (χ0v) is 13.9. The first kappa shape index (κ1) is 14.3. The molecule has 3 aromatic heterocycles. The first-order valence-electron chi connectivity index (χ1n) is 6.94. The van der Waals surface area contributed by atoms with Gasteiger partial charge in [-0.1, -0.05) is 23.9 Å². The van der Waals surface area contributed by atoms with E-state index in [2.05, 4.69) is 21.2 Å². The molecule has 0 fully saturated rings. The predicted molar refractivity (Wildman–Crippen MR) is 91.8 cm³/mol. The van der Waals surface area contributed by atoms with Gasteiger partial charge in [-0.25, -0.2) is 9.66 Å². The lowest BCUT2D eigenvalue weighted by Crippen LogP contribution is -2.11. The van der Waals surface area contributed by atoms with E-state index in [9.17, 15) is 0 Å². The summed E-state index contributed by atoms with van der Waals surface area (Å²) in [4.78, 5) is 4.61. The van der Waals surface area contributed by atoms with Crippen molar-refractivity contribution in [2.45, 2.75) is 17.8 Å². The van der Waals surface area contributed by atoms with Crippen molar-refractivity contribution in [1.29, 1.82) is 0 Å². The number of thiazole rings is 1. The normalized spacial score (nSPS) is 11.3. The monoisotopic (exact) mass is 343 g/mol. The smallest absolute Gasteiger partial charge is 0.210 e. The molecule has 0 spiro atoms. The molecule has 0 atom stereocenters. The lowest BCUT2D eigenvalue weighted by molar-refractivity contribution is 0.535. The predicted octanol–water partition coefficient (Wildman–Crippen LogP) is 3.46. The Hall–Kier alpha value is -2.32. The van der Waals surface area contributed by atoms with Crippen molar-refractivity contribution in [1.82, 2.24) is 19.9 Å². The van der Waals surface area contributed by atoms with E-state index in [-0.39, 0.29) is 0 Å². The molecule has 0 saturated heterocycles. The highest BCUT2D eigenvalue weighted by Gasteiger charge is 2.16. The minimum absolute atomic E-state index is 0.600. The minimum Gasteiger partial charge on any atom is -0.469 e. The fourth-order valence-electron chi connectivity index (χ4n) is 2.28. The number of rotatable bonds is 4. The van der Waals surface area contributed by atoms with Gasteiger partial charge in [-0.3, -0.25) is 0 Å². The third kappa shape index (κ3) is 2.60. The molecule has 2 N–H and O–H groups in total. The molecule has 3 heterocycles. The maximum atomic E-state index is 6.11. The average molecular weight is 343 g/mol. The Morgan fingerprint density at radius 2 is 2.13 bits per heavy atom. The number of nitrogens with zero attached hydrogens (tertiary/aromatic N) is 4. The van der Waals surface area contributed by atoms with Gasteiger partial charge < -0.3 is 10.3 Å². The Balaban J connectivity index is 1.55. The molecule has 4 aromatic rings. The maximum absolute atomic E-state index is 6.11. The van der Waals surface area contributed by atoms with E-state index in [0.29, 0.717) is 16.7 Å². The molecule has 0 saturated carbocycles. The summed E-state index contributed by atoms with van der Waals surface area (Å²) in [5.74, 6) is 8.19. The number of hydrogen-bond donors (Lipinski definition) is 1. The SMILES string of the molecule is Cc1occc1-c1nnc(SCc2nc3ccccc3s2)n1N. The van der Waals surface area contributed by atoms with E-state index in [4.69, 9.17) is 10.3 Å². The quantitative estimate of drug-likeness (QED) is 0.451. The van der Waals surface area contributed by atoms with Crippen molar-refractivity contribution in [3.8, 4) is 11.4 Å². The number of nitrogen functional groups attached to an aromatic ring is 1. The lowest BCUT2D eigenvalue weighted by atomic mass is 10.2. The van der Waals surface area contributed by atoms with Gasteiger partial charge in [0.25, 0.3) is 0 Å². The molecule has 116 valence electrons. The number of hydrogen-bond acceptors (Lipinski definition) is 7. The Morgan fingerprint density at radius 1 is 1.26 bits per heavy atom. The van der Waals surface area contributed by atoms with Gasteiger partial charge in [0.1, 0.15) is 10.8 Å². The van der Waals surface area contributed by atoms with Gasteiger partial charge in [0.15, 0.2) is 5.82 Å². The Bertz CT molecular complexity index is 938. The summed E-state index contributed by atoms with van der Waals surface area (Å²) in [5.41, 5.74) is 1.88. The molecule has 0 aliphatic rings. The second-order valence-electron chi connectivity index (χ2n) is 4.93. The van der Waals surface area contributed by atoms with Gasteiger partial charge in [-0.15, -0.1) is 21.5 Å². The lowest BCUT2D eigenvalue weighted by Gasteiger charge is -2.01. The summed E-state index contributed by atoms with van der Waals surface area (Å²) in [6.45, 7) is 1.87. The van der Waals surface area contributed by atoms with Gasteiger partial charge in [0, 0.05) is 0 Å². The van der Waals surface area contributed by atoms with Crippen LogP contribution in [-0.4, -0.2) is 19.9 Å².